The third-order valence-electron chi connectivity index (χ3n) is 2.67. The molecule has 1 fully saturated rings. The molecule has 2 heteroatoms. The molecule has 0 heterocycles. The zero-order valence-corrected chi connectivity index (χ0v) is 6.70. The van der Waals surface area contributed by atoms with E-state index >= 15 is 0 Å². The summed E-state index contributed by atoms with van der Waals surface area (Å²) in [5, 5.41) is 0. The SMILES string of the molecule is NCCO[C@H]1CC2C=CC1C2. The monoisotopic (exact) mass is 153 g/mol. The number of fused-ring (bicyclic) bond motifs is 2. The Bertz CT molecular complexity index is 167. The van der Waals surface area contributed by atoms with Crippen molar-refractivity contribution in [1.29, 1.82) is 0 Å². The maximum absolute atomic E-state index is 5.61. The Kier molecular flexibility index (Phi) is 1.96. The molecule has 2 aliphatic carbocycles. The van der Waals surface area contributed by atoms with Crippen molar-refractivity contribution in [2.24, 2.45) is 17.6 Å². The van der Waals surface area contributed by atoms with Gasteiger partial charge in [0.15, 0.2) is 0 Å². The van der Waals surface area contributed by atoms with Crippen LogP contribution in [0.5, 0.6) is 0 Å². The quantitative estimate of drug-likeness (QED) is 0.612. The number of allylic oxidation sites excluding steroid dienone is 1. The largest absolute Gasteiger partial charge is 0.376 e. The molecular weight excluding hydrogens is 138 g/mol. The van der Waals surface area contributed by atoms with Gasteiger partial charge in [0.25, 0.3) is 0 Å². The van der Waals surface area contributed by atoms with Gasteiger partial charge in [-0.1, -0.05) is 12.2 Å². The molecule has 0 saturated heterocycles. The zero-order chi connectivity index (χ0) is 7.68. The first-order chi connectivity index (χ1) is 5.40. The summed E-state index contributed by atoms with van der Waals surface area (Å²) >= 11 is 0. The van der Waals surface area contributed by atoms with E-state index in [1.807, 2.05) is 0 Å². The number of rotatable bonds is 3. The normalized spacial score (nSPS) is 40.3. The van der Waals surface area contributed by atoms with Crippen molar-refractivity contribution in [1.82, 2.24) is 0 Å². The molecule has 11 heavy (non-hydrogen) atoms. The van der Waals surface area contributed by atoms with E-state index in [1.165, 1.54) is 12.8 Å². The molecule has 2 aliphatic rings. The van der Waals surface area contributed by atoms with Gasteiger partial charge in [-0.05, 0) is 18.8 Å². The summed E-state index contributed by atoms with van der Waals surface area (Å²) in [7, 11) is 0. The van der Waals surface area contributed by atoms with Crippen LogP contribution in [0.2, 0.25) is 0 Å². The second-order valence-corrected chi connectivity index (χ2v) is 3.48. The lowest BCUT2D eigenvalue weighted by Gasteiger charge is -2.17. The second-order valence-electron chi connectivity index (χ2n) is 3.48. The summed E-state index contributed by atoms with van der Waals surface area (Å²) in [6.07, 6.45) is 7.65. The van der Waals surface area contributed by atoms with Gasteiger partial charge in [-0.2, -0.15) is 0 Å². The van der Waals surface area contributed by atoms with Crippen molar-refractivity contribution in [3.8, 4) is 0 Å². The predicted octanol–water partition coefficient (Wildman–Crippen LogP) is 0.926. The van der Waals surface area contributed by atoms with Crippen LogP contribution in [0.15, 0.2) is 12.2 Å². The standard InChI is InChI=1S/C9H15NO/c10-3-4-11-9-6-7-1-2-8(9)5-7/h1-2,7-9H,3-6,10H2/t7?,8?,9-/m0/s1. The summed E-state index contributed by atoms with van der Waals surface area (Å²) in [4.78, 5) is 0. The minimum Gasteiger partial charge on any atom is -0.376 e. The molecule has 0 aromatic carbocycles. The lowest BCUT2D eigenvalue weighted by molar-refractivity contribution is 0.0418. The van der Waals surface area contributed by atoms with Crippen LogP contribution in [-0.4, -0.2) is 19.3 Å². The minimum atomic E-state index is 0.480. The first-order valence-electron chi connectivity index (χ1n) is 4.40. The minimum absolute atomic E-state index is 0.480. The maximum Gasteiger partial charge on any atom is 0.0644 e. The van der Waals surface area contributed by atoms with Crippen LogP contribution >= 0.6 is 0 Å². The summed E-state index contributed by atoms with van der Waals surface area (Å²) in [6, 6.07) is 0. The zero-order valence-electron chi connectivity index (χ0n) is 6.70. The van der Waals surface area contributed by atoms with Crippen molar-refractivity contribution in [2.75, 3.05) is 13.2 Å². The maximum atomic E-state index is 5.61. The van der Waals surface area contributed by atoms with Crippen LogP contribution in [0, 0.1) is 11.8 Å². The Morgan fingerprint density at radius 1 is 1.36 bits per heavy atom. The Labute approximate surface area is 67.4 Å². The van der Waals surface area contributed by atoms with Gasteiger partial charge in [-0.3, -0.25) is 0 Å². The predicted molar refractivity (Wildman–Crippen MR) is 44.1 cm³/mol. The Morgan fingerprint density at radius 3 is 2.82 bits per heavy atom. The molecule has 0 spiro atoms. The number of ether oxygens (including phenoxy) is 1. The van der Waals surface area contributed by atoms with Gasteiger partial charge in [-0.25, -0.2) is 0 Å². The Morgan fingerprint density at radius 2 is 2.27 bits per heavy atom. The molecule has 2 N–H and O–H groups in total. The topological polar surface area (TPSA) is 35.2 Å². The van der Waals surface area contributed by atoms with Crippen molar-refractivity contribution in [2.45, 2.75) is 18.9 Å². The van der Waals surface area contributed by atoms with E-state index in [2.05, 4.69) is 12.2 Å². The molecule has 2 nitrogen and oxygen atoms in total. The molecule has 0 aliphatic heterocycles. The fourth-order valence-electron chi connectivity index (χ4n) is 2.14. The molecule has 0 amide bonds. The molecule has 2 unspecified atom stereocenters. The van der Waals surface area contributed by atoms with E-state index < -0.39 is 0 Å². The van der Waals surface area contributed by atoms with Crippen LogP contribution in [0.25, 0.3) is 0 Å². The second kappa shape index (κ2) is 2.95. The van der Waals surface area contributed by atoms with Gasteiger partial charge in [-0.15, -0.1) is 0 Å². The Hall–Kier alpha value is -0.340. The van der Waals surface area contributed by atoms with Gasteiger partial charge in [0.2, 0.25) is 0 Å². The number of hydrogen-bond donors (Lipinski definition) is 1. The van der Waals surface area contributed by atoms with E-state index in [-0.39, 0.29) is 0 Å². The molecule has 0 radical (unpaired) electrons. The average molecular weight is 153 g/mol. The van der Waals surface area contributed by atoms with E-state index in [0.29, 0.717) is 18.6 Å². The third kappa shape index (κ3) is 1.33. The van der Waals surface area contributed by atoms with Crippen LogP contribution in [0.4, 0.5) is 0 Å². The van der Waals surface area contributed by atoms with Gasteiger partial charge >= 0.3 is 0 Å². The lowest BCUT2D eigenvalue weighted by atomic mass is 10.0. The van der Waals surface area contributed by atoms with Gasteiger partial charge in [0.05, 0.1) is 12.7 Å². The molecular formula is C9H15NO. The van der Waals surface area contributed by atoms with Crippen LogP contribution < -0.4 is 5.73 Å². The summed E-state index contributed by atoms with van der Waals surface area (Å²) in [6.45, 7) is 1.37. The summed E-state index contributed by atoms with van der Waals surface area (Å²) in [5.74, 6) is 1.51. The van der Waals surface area contributed by atoms with E-state index in [4.69, 9.17) is 10.5 Å². The molecule has 0 aromatic rings. The molecule has 2 rings (SSSR count). The fraction of sp³-hybridized carbons (Fsp3) is 0.778. The van der Waals surface area contributed by atoms with Crippen LogP contribution in [0.1, 0.15) is 12.8 Å². The molecule has 1 saturated carbocycles. The van der Waals surface area contributed by atoms with Gasteiger partial charge in [0.1, 0.15) is 0 Å². The molecule has 3 atom stereocenters. The van der Waals surface area contributed by atoms with E-state index in [9.17, 15) is 0 Å². The molecule has 0 aromatic heterocycles. The molecule has 2 bridgehead atoms. The highest BCUT2D eigenvalue weighted by molar-refractivity contribution is 5.10. The van der Waals surface area contributed by atoms with Crippen molar-refractivity contribution in [3.63, 3.8) is 0 Å². The lowest BCUT2D eigenvalue weighted by Crippen LogP contribution is -2.21. The number of hydrogen-bond acceptors (Lipinski definition) is 2. The Balaban J connectivity index is 1.84. The average Bonchev–Trinajstić information content (AvgIpc) is 2.60. The first-order valence-corrected chi connectivity index (χ1v) is 4.40. The summed E-state index contributed by atoms with van der Waals surface area (Å²) in [5.41, 5.74) is 5.36. The van der Waals surface area contributed by atoms with E-state index in [0.717, 1.165) is 12.5 Å². The highest BCUT2D eigenvalue weighted by Gasteiger charge is 2.35. The highest BCUT2D eigenvalue weighted by atomic mass is 16.5. The number of nitrogens with two attached hydrogens (primary N) is 1. The first kappa shape index (κ1) is 7.32. The van der Waals surface area contributed by atoms with Gasteiger partial charge < -0.3 is 10.5 Å². The fourth-order valence-corrected chi connectivity index (χ4v) is 2.14. The van der Waals surface area contributed by atoms with Crippen molar-refractivity contribution >= 4 is 0 Å². The smallest absolute Gasteiger partial charge is 0.0644 e. The molecule has 62 valence electrons. The van der Waals surface area contributed by atoms with Crippen molar-refractivity contribution in [3.05, 3.63) is 12.2 Å². The highest BCUT2D eigenvalue weighted by Crippen LogP contribution is 2.40. The van der Waals surface area contributed by atoms with Crippen molar-refractivity contribution < 1.29 is 4.74 Å². The van der Waals surface area contributed by atoms with Crippen LogP contribution in [-0.2, 0) is 4.74 Å². The third-order valence-corrected chi connectivity index (χ3v) is 2.67. The van der Waals surface area contributed by atoms with Crippen LogP contribution in [0.3, 0.4) is 0 Å². The van der Waals surface area contributed by atoms with E-state index in [1.54, 1.807) is 0 Å². The van der Waals surface area contributed by atoms with Gasteiger partial charge in [0, 0.05) is 12.5 Å². The summed E-state index contributed by atoms with van der Waals surface area (Å²) < 4.78 is 5.61.